The standard InChI is InChI=1S/C23H30ClFN6O2/c1-2-16-4-3-15(11-26-16)23(32)31-20-9-17(18(24)12-27-20)19-13-28-21(25)22(30-19)29-10-14-5-7-33-8-6-14/h9,12-16,26H,2-8,10-11H2,1H3,(H,29,30)(H,27,31,32). The molecule has 4 heterocycles. The van der Waals surface area contributed by atoms with Gasteiger partial charge in [-0.25, -0.2) is 15.0 Å². The van der Waals surface area contributed by atoms with Gasteiger partial charge >= 0.3 is 0 Å². The molecule has 2 unspecified atom stereocenters. The van der Waals surface area contributed by atoms with Gasteiger partial charge in [0.05, 0.1) is 22.8 Å². The van der Waals surface area contributed by atoms with E-state index >= 15 is 0 Å². The van der Waals surface area contributed by atoms with Gasteiger partial charge in [0.15, 0.2) is 5.82 Å². The predicted octanol–water partition coefficient (Wildman–Crippen LogP) is 3.89. The van der Waals surface area contributed by atoms with Gasteiger partial charge in [-0.2, -0.15) is 4.39 Å². The van der Waals surface area contributed by atoms with Crippen molar-refractivity contribution in [1.29, 1.82) is 0 Å². The van der Waals surface area contributed by atoms with Crippen molar-refractivity contribution < 1.29 is 13.9 Å². The first-order valence-electron chi connectivity index (χ1n) is 11.6. The average Bonchev–Trinajstić information content (AvgIpc) is 2.85. The van der Waals surface area contributed by atoms with Crippen molar-refractivity contribution in [3.05, 3.63) is 29.4 Å². The summed E-state index contributed by atoms with van der Waals surface area (Å²) >= 11 is 6.36. The van der Waals surface area contributed by atoms with Crippen LogP contribution in [0.3, 0.4) is 0 Å². The summed E-state index contributed by atoms with van der Waals surface area (Å²) in [6.45, 7) is 4.82. The lowest BCUT2D eigenvalue weighted by Gasteiger charge is -2.28. The van der Waals surface area contributed by atoms with Gasteiger partial charge in [-0.1, -0.05) is 18.5 Å². The molecule has 1 amide bonds. The number of aromatic nitrogens is 3. The van der Waals surface area contributed by atoms with Crippen molar-refractivity contribution in [2.24, 2.45) is 11.8 Å². The van der Waals surface area contributed by atoms with E-state index in [1.807, 2.05) is 0 Å². The van der Waals surface area contributed by atoms with Gasteiger partial charge < -0.3 is 20.7 Å². The molecule has 2 saturated heterocycles. The monoisotopic (exact) mass is 476 g/mol. The van der Waals surface area contributed by atoms with Crippen molar-refractivity contribution in [3.63, 3.8) is 0 Å². The molecule has 2 aliphatic heterocycles. The molecule has 0 spiro atoms. The van der Waals surface area contributed by atoms with Crippen molar-refractivity contribution in [2.75, 3.05) is 36.9 Å². The van der Waals surface area contributed by atoms with E-state index in [9.17, 15) is 9.18 Å². The van der Waals surface area contributed by atoms with Crippen molar-refractivity contribution in [2.45, 2.75) is 45.1 Å². The molecule has 2 aliphatic rings. The molecule has 0 aromatic carbocycles. The highest BCUT2D eigenvalue weighted by atomic mass is 35.5. The minimum Gasteiger partial charge on any atom is -0.381 e. The quantitative estimate of drug-likeness (QED) is 0.557. The number of rotatable bonds is 7. The highest BCUT2D eigenvalue weighted by Gasteiger charge is 2.25. The Balaban J connectivity index is 1.45. The molecule has 2 aromatic rings. The van der Waals surface area contributed by atoms with Gasteiger partial charge in [-0.05, 0) is 44.1 Å². The molecule has 33 heavy (non-hydrogen) atoms. The SMILES string of the molecule is CCC1CCC(C(=O)Nc2cc(-c3cnc(F)c(NCC4CCOCC4)n3)c(Cl)cn2)CN1. The zero-order chi connectivity index (χ0) is 23.2. The first-order chi connectivity index (χ1) is 16.0. The van der Waals surface area contributed by atoms with E-state index in [4.69, 9.17) is 16.3 Å². The van der Waals surface area contributed by atoms with Crippen LogP contribution < -0.4 is 16.0 Å². The number of ether oxygens (including phenoxy) is 1. The smallest absolute Gasteiger partial charge is 0.255 e. The largest absolute Gasteiger partial charge is 0.381 e. The number of carbonyl (C=O) groups is 1. The van der Waals surface area contributed by atoms with Gasteiger partial charge in [0, 0.05) is 44.1 Å². The number of hydrogen-bond acceptors (Lipinski definition) is 7. The summed E-state index contributed by atoms with van der Waals surface area (Å²) in [5.41, 5.74) is 0.926. The van der Waals surface area contributed by atoms with Crippen LogP contribution in [0.15, 0.2) is 18.5 Å². The maximum absolute atomic E-state index is 14.3. The van der Waals surface area contributed by atoms with Crippen LogP contribution in [0.2, 0.25) is 5.02 Å². The van der Waals surface area contributed by atoms with E-state index in [1.54, 1.807) is 6.07 Å². The Bertz CT molecular complexity index is 964. The maximum atomic E-state index is 14.3. The fourth-order valence-electron chi connectivity index (χ4n) is 4.23. The van der Waals surface area contributed by atoms with Crippen molar-refractivity contribution >= 4 is 29.1 Å². The van der Waals surface area contributed by atoms with Gasteiger partial charge in [-0.3, -0.25) is 4.79 Å². The molecule has 3 N–H and O–H groups in total. The van der Waals surface area contributed by atoms with Crippen LogP contribution in [0.4, 0.5) is 16.0 Å². The van der Waals surface area contributed by atoms with E-state index in [0.717, 1.165) is 45.3 Å². The summed E-state index contributed by atoms with van der Waals surface area (Å²) < 4.78 is 19.7. The minimum absolute atomic E-state index is 0.0798. The molecule has 10 heteroatoms. The Kier molecular flexibility index (Phi) is 8.06. The third kappa shape index (κ3) is 6.16. The van der Waals surface area contributed by atoms with E-state index in [1.165, 1.54) is 12.4 Å². The van der Waals surface area contributed by atoms with Crippen LogP contribution in [0.5, 0.6) is 0 Å². The molecule has 0 aliphatic carbocycles. The first-order valence-corrected chi connectivity index (χ1v) is 12.0. The normalized spacial score (nSPS) is 21.5. The maximum Gasteiger partial charge on any atom is 0.255 e. The number of amides is 1. The van der Waals surface area contributed by atoms with Crippen LogP contribution in [0.1, 0.15) is 39.0 Å². The molecular formula is C23H30ClFN6O2. The molecule has 2 aromatic heterocycles. The zero-order valence-electron chi connectivity index (χ0n) is 18.7. The third-order valence-corrected chi connectivity index (χ3v) is 6.69. The Morgan fingerprint density at radius 3 is 2.79 bits per heavy atom. The van der Waals surface area contributed by atoms with Crippen LogP contribution in [0, 0.1) is 17.8 Å². The van der Waals surface area contributed by atoms with Crippen molar-refractivity contribution in [3.8, 4) is 11.3 Å². The van der Waals surface area contributed by atoms with E-state index in [2.05, 4.69) is 37.8 Å². The molecule has 0 saturated carbocycles. The highest BCUT2D eigenvalue weighted by Crippen LogP contribution is 2.29. The number of pyridine rings is 1. The number of piperidine rings is 1. The molecule has 4 rings (SSSR count). The summed E-state index contributed by atoms with van der Waals surface area (Å²) in [6.07, 6.45) is 7.51. The van der Waals surface area contributed by atoms with Crippen LogP contribution >= 0.6 is 11.6 Å². The summed E-state index contributed by atoms with van der Waals surface area (Å²) in [7, 11) is 0. The molecule has 2 atom stereocenters. The Labute approximate surface area is 198 Å². The number of hydrogen-bond donors (Lipinski definition) is 3. The summed E-state index contributed by atoms with van der Waals surface area (Å²) in [4.78, 5) is 25.2. The van der Waals surface area contributed by atoms with Crippen LogP contribution in [-0.4, -0.2) is 53.2 Å². The Morgan fingerprint density at radius 2 is 2.06 bits per heavy atom. The average molecular weight is 477 g/mol. The lowest BCUT2D eigenvalue weighted by atomic mass is 9.93. The van der Waals surface area contributed by atoms with Gasteiger partial charge in [0.1, 0.15) is 5.82 Å². The second-order valence-electron chi connectivity index (χ2n) is 8.66. The fraction of sp³-hybridized carbons (Fsp3) is 0.565. The van der Waals surface area contributed by atoms with Crippen LogP contribution in [0.25, 0.3) is 11.3 Å². The van der Waals surface area contributed by atoms with E-state index < -0.39 is 5.95 Å². The number of anilines is 2. The topological polar surface area (TPSA) is 101 Å². The van der Waals surface area contributed by atoms with E-state index in [0.29, 0.717) is 47.1 Å². The Morgan fingerprint density at radius 1 is 1.24 bits per heavy atom. The van der Waals surface area contributed by atoms with Gasteiger partial charge in [-0.15, -0.1) is 0 Å². The molecule has 0 bridgehead atoms. The summed E-state index contributed by atoms with van der Waals surface area (Å²) in [6, 6.07) is 2.12. The number of halogens is 2. The van der Waals surface area contributed by atoms with Gasteiger partial charge in [0.25, 0.3) is 5.95 Å². The summed E-state index contributed by atoms with van der Waals surface area (Å²) in [5.74, 6) is -0.00486. The number of nitrogens with one attached hydrogen (secondary N) is 3. The molecule has 8 nitrogen and oxygen atoms in total. The van der Waals surface area contributed by atoms with Crippen molar-refractivity contribution in [1.82, 2.24) is 20.3 Å². The lowest BCUT2D eigenvalue weighted by Crippen LogP contribution is -2.43. The molecule has 2 fully saturated rings. The minimum atomic E-state index is -0.667. The van der Waals surface area contributed by atoms with Gasteiger partial charge in [0.2, 0.25) is 5.91 Å². The highest BCUT2D eigenvalue weighted by molar-refractivity contribution is 6.33. The van der Waals surface area contributed by atoms with E-state index in [-0.39, 0.29) is 17.6 Å². The third-order valence-electron chi connectivity index (χ3n) is 6.39. The molecular weight excluding hydrogens is 447 g/mol. The summed E-state index contributed by atoms with van der Waals surface area (Å²) in [5, 5.41) is 9.70. The zero-order valence-corrected chi connectivity index (χ0v) is 19.5. The van der Waals surface area contributed by atoms with Crippen LogP contribution in [-0.2, 0) is 9.53 Å². The molecule has 0 radical (unpaired) electrons. The Hall–Kier alpha value is -2.36. The second-order valence-corrected chi connectivity index (χ2v) is 9.06. The first kappa shape index (κ1) is 23.8. The molecule has 178 valence electrons. The lowest BCUT2D eigenvalue weighted by molar-refractivity contribution is -0.120. The second kappa shape index (κ2) is 11.2. The fourth-order valence-corrected chi connectivity index (χ4v) is 4.43. The number of carbonyl (C=O) groups excluding carboxylic acids is 1. The number of nitrogens with zero attached hydrogens (tertiary/aromatic N) is 3. The predicted molar refractivity (Wildman–Crippen MR) is 126 cm³/mol.